The van der Waals surface area contributed by atoms with Gasteiger partial charge in [0, 0.05) is 5.69 Å². The van der Waals surface area contributed by atoms with Crippen LogP contribution in [0, 0.1) is 6.92 Å². The fourth-order valence-corrected chi connectivity index (χ4v) is 1.53. The molecule has 0 bridgehead atoms. The number of allylic oxidation sites excluding steroid dienone is 1. The summed E-state index contributed by atoms with van der Waals surface area (Å²) < 4.78 is 0. The van der Waals surface area contributed by atoms with E-state index in [2.05, 4.69) is 31.0 Å². The van der Waals surface area contributed by atoms with Crippen LogP contribution in [-0.2, 0) is 0 Å². The van der Waals surface area contributed by atoms with Gasteiger partial charge in [-0.15, -0.1) is 0 Å². The topological polar surface area (TPSA) is 12.0 Å². The van der Waals surface area contributed by atoms with Crippen LogP contribution in [0.25, 0.3) is 6.08 Å². The van der Waals surface area contributed by atoms with E-state index in [0.717, 1.165) is 16.9 Å². The van der Waals surface area contributed by atoms with Crippen molar-refractivity contribution in [3.05, 3.63) is 46.6 Å². The molecule has 0 aromatic heterocycles. The number of halogens is 1. The van der Waals surface area contributed by atoms with E-state index in [-0.39, 0.29) is 0 Å². The van der Waals surface area contributed by atoms with Crippen molar-refractivity contribution in [2.24, 2.45) is 0 Å². The molecule has 66 valence electrons. The zero-order valence-corrected chi connectivity index (χ0v) is 8.15. The Kier molecular flexibility index (Phi) is 1.89. The van der Waals surface area contributed by atoms with Crippen molar-refractivity contribution >= 4 is 23.4 Å². The van der Waals surface area contributed by atoms with Crippen molar-refractivity contribution in [1.29, 1.82) is 0 Å². The Morgan fingerprint density at radius 3 is 2.92 bits per heavy atom. The quantitative estimate of drug-likeness (QED) is 0.662. The molecule has 0 radical (unpaired) electrons. The number of hydrogen-bond acceptors (Lipinski definition) is 1. The predicted octanol–water partition coefficient (Wildman–Crippen LogP) is 3.51. The molecule has 1 nitrogen and oxygen atoms in total. The molecule has 0 saturated heterocycles. The van der Waals surface area contributed by atoms with E-state index < -0.39 is 0 Å². The van der Waals surface area contributed by atoms with Gasteiger partial charge in [0.15, 0.2) is 0 Å². The molecular weight excluding hydrogens is 182 g/mol. The summed E-state index contributed by atoms with van der Waals surface area (Å²) in [6, 6.07) is 6.19. The first-order valence-electron chi connectivity index (χ1n) is 4.11. The monoisotopic (exact) mass is 191 g/mol. The first kappa shape index (κ1) is 8.39. The van der Waals surface area contributed by atoms with Crippen LogP contribution in [0.5, 0.6) is 0 Å². The van der Waals surface area contributed by atoms with Gasteiger partial charge in [-0.25, -0.2) is 0 Å². The molecule has 1 aliphatic rings. The zero-order chi connectivity index (χ0) is 9.42. The molecule has 0 fully saturated rings. The summed E-state index contributed by atoms with van der Waals surface area (Å²) in [4.78, 5) is 0. The first-order valence-corrected chi connectivity index (χ1v) is 4.49. The van der Waals surface area contributed by atoms with Gasteiger partial charge in [0.25, 0.3) is 0 Å². The van der Waals surface area contributed by atoms with Crippen LogP contribution in [0.1, 0.15) is 11.1 Å². The highest BCUT2D eigenvalue weighted by Gasteiger charge is 2.10. The van der Waals surface area contributed by atoms with E-state index in [1.54, 1.807) is 0 Å². The SMILES string of the molecule is C=C1Nc2ccc(C)cc2C=C1Cl. The van der Waals surface area contributed by atoms with Crippen LogP contribution >= 0.6 is 11.6 Å². The van der Waals surface area contributed by atoms with Gasteiger partial charge in [0.05, 0.1) is 10.7 Å². The van der Waals surface area contributed by atoms with Crippen molar-refractivity contribution in [3.63, 3.8) is 0 Å². The normalized spacial score (nSPS) is 14.6. The minimum atomic E-state index is 0.679. The second-order valence-electron chi connectivity index (χ2n) is 3.19. The number of aryl methyl sites for hydroxylation is 1. The van der Waals surface area contributed by atoms with E-state index in [9.17, 15) is 0 Å². The van der Waals surface area contributed by atoms with Crippen molar-refractivity contribution < 1.29 is 0 Å². The molecule has 0 amide bonds. The molecule has 1 aromatic rings. The van der Waals surface area contributed by atoms with Crippen molar-refractivity contribution in [1.82, 2.24) is 0 Å². The predicted molar refractivity (Wildman–Crippen MR) is 57.8 cm³/mol. The average molecular weight is 192 g/mol. The summed E-state index contributed by atoms with van der Waals surface area (Å²) in [5, 5.41) is 3.82. The van der Waals surface area contributed by atoms with Gasteiger partial charge in [0.2, 0.25) is 0 Å². The van der Waals surface area contributed by atoms with E-state index in [1.165, 1.54) is 5.56 Å². The second kappa shape index (κ2) is 2.93. The molecule has 13 heavy (non-hydrogen) atoms. The molecule has 0 unspecified atom stereocenters. The summed E-state index contributed by atoms with van der Waals surface area (Å²) in [6.07, 6.45) is 1.93. The highest BCUT2D eigenvalue weighted by Crippen LogP contribution is 2.30. The molecule has 2 heteroatoms. The fourth-order valence-electron chi connectivity index (χ4n) is 1.36. The molecule has 0 atom stereocenters. The van der Waals surface area contributed by atoms with Crippen LogP contribution in [-0.4, -0.2) is 0 Å². The Morgan fingerprint density at radius 1 is 1.38 bits per heavy atom. The van der Waals surface area contributed by atoms with E-state index >= 15 is 0 Å². The fraction of sp³-hybridized carbons (Fsp3) is 0.0909. The second-order valence-corrected chi connectivity index (χ2v) is 3.59. The van der Waals surface area contributed by atoms with E-state index in [1.807, 2.05) is 12.1 Å². The van der Waals surface area contributed by atoms with Gasteiger partial charge in [-0.05, 0) is 30.7 Å². The van der Waals surface area contributed by atoms with Gasteiger partial charge in [0.1, 0.15) is 0 Å². The van der Waals surface area contributed by atoms with Crippen LogP contribution in [0.3, 0.4) is 0 Å². The van der Waals surface area contributed by atoms with Gasteiger partial charge >= 0.3 is 0 Å². The van der Waals surface area contributed by atoms with Crippen LogP contribution < -0.4 is 5.32 Å². The minimum Gasteiger partial charge on any atom is -0.354 e. The Morgan fingerprint density at radius 2 is 2.15 bits per heavy atom. The summed E-state index contributed by atoms with van der Waals surface area (Å²) in [5.41, 5.74) is 4.18. The number of hydrogen-bond donors (Lipinski definition) is 1. The van der Waals surface area contributed by atoms with Gasteiger partial charge in [-0.3, -0.25) is 0 Å². The maximum atomic E-state index is 5.95. The third-order valence-electron chi connectivity index (χ3n) is 2.06. The third kappa shape index (κ3) is 1.47. The van der Waals surface area contributed by atoms with Crippen molar-refractivity contribution in [2.45, 2.75) is 6.92 Å². The number of fused-ring (bicyclic) bond motifs is 1. The maximum absolute atomic E-state index is 5.95. The average Bonchev–Trinajstić information content (AvgIpc) is 2.08. The van der Waals surface area contributed by atoms with Crippen molar-refractivity contribution in [3.8, 4) is 0 Å². The summed E-state index contributed by atoms with van der Waals surface area (Å²) in [6.45, 7) is 5.87. The summed E-state index contributed by atoms with van der Waals surface area (Å²) in [5.74, 6) is 0. The molecule has 1 N–H and O–H groups in total. The number of rotatable bonds is 0. The van der Waals surface area contributed by atoms with E-state index in [0.29, 0.717) is 5.03 Å². The Hall–Kier alpha value is -1.21. The lowest BCUT2D eigenvalue weighted by atomic mass is 10.1. The van der Waals surface area contributed by atoms with Gasteiger partial charge in [-0.2, -0.15) is 0 Å². The lowest BCUT2D eigenvalue weighted by Gasteiger charge is -2.17. The van der Waals surface area contributed by atoms with Gasteiger partial charge in [-0.1, -0.05) is 29.8 Å². The molecule has 0 spiro atoms. The summed E-state index contributed by atoms with van der Waals surface area (Å²) in [7, 11) is 0. The Bertz CT molecular complexity index is 405. The van der Waals surface area contributed by atoms with Crippen LogP contribution in [0.2, 0.25) is 0 Å². The largest absolute Gasteiger partial charge is 0.354 e. The molecule has 0 aliphatic carbocycles. The van der Waals surface area contributed by atoms with E-state index in [4.69, 9.17) is 11.6 Å². The highest BCUT2D eigenvalue weighted by atomic mass is 35.5. The Labute approximate surface area is 82.7 Å². The summed E-state index contributed by atoms with van der Waals surface area (Å²) >= 11 is 5.95. The van der Waals surface area contributed by atoms with Crippen LogP contribution in [0.15, 0.2) is 35.5 Å². The van der Waals surface area contributed by atoms with Gasteiger partial charge < -0.3 is 5.32 Å². The zero-order valence-electron chi connectivity index (χ0n) is 7.39. The highest BCUT2D eigenvalue weighted by molar-refractivity contribution is 6.34. The molecule has 2 rings (SSSR count). The lowest BCUT2D eigenvalue weighted by Crippen LogP contribution is -2.04. The number of nitrogens with one attached hydrogen (secondary N) is 1. The molecule has 0 saturated carbocycles. The number of anilines is 1. The molecule has 1 heterocycles. The standard InChI is InChI=1S/C11H10ClN/c1-7-3-4-11-9(5-7)6-10(12)8(2)13-11/h3-6,13H,2H2,1H3. The minimum absolute atomic E-state index is 0.679. The maximum Gasteiger partial charge on any atom is 0.0641 e. The molecular formula is C11H10ClN. The number of benzene rings is 1. The van der Waals surface area contributed by atoms with Crippen molar-refractivity contribution in [2.75, 3.05) is 5.32 Å². The third-order valence-corrected chi connectivity index (χ3v) is 2.40. The molecule has 1 aliphatic heterocycles. The van der Waals surface area contributed by atoms with Crippen LogP contribution in [0.4, 0.5) is 5.69 Å². The smallest absolute Gasteiger partial charge is 0.0641 e. The lowest BCUT2D eigenvalue weighted by molar-refractivity contribution is 1.39. The molecule has 1 aromatic carbocycles. The first-order chi connectivity index (χ1) is 6.16. The Balaban J connectivity index is 2.57.